The van der Waals surface area contributed by atoms with Crippen LogP contribution in [-0.4, -0.2) is 42.7 Å². The van der Waals surface area contributed by atoms with E-state index < -0.39 is 30.2 Å². The normalized spacial score (nSPS) is 13.8. The summed E-state index contributed by atoms with van der Waals surface area (Å²) in [5.74, 6) is 1.34. The molecule has 0 saturated carbocycles. The summed E-state index contributed by atoms with van der Waals surface area (Å²) in [6.07, 6.45) is -1.34. The molecule has 0 N–H and O–H groups in total. The molecule has 4 aromatic rings. The zero-order chi connectivity index (χ0) is 27.0. The standard InChI is InChI=1S/C26H19F3N4O5/c1-36-22-8-15-7-20(13-31-21(15)10-23(22)37-2)38-19-5-3-17(4-6-19)33-24(34)14-32(25(33)35)18-9-16(11-30-12-18)26(27,28)29/h3-13H,14H2,1-2H3. The molecule has 1 fully saturated rings. The number of halogens is 3. The second-order valence-electron chi connectivity index (χ2n) is 8.19. The number of hydrogen-bond acceptors (Lipinski definition) is 7. The second-order valence-corrected chi connectivity index (χ2v) is 8.19. The molecule has 3 amide bonds. The van der Waals surface area contributed by atoms with E-state index >= 15 is 0 Å². The van der Waals surface area contributed by atoms with Crippen molar-refractivity contribution in [1.29, 1.82) is 0 Å². The van der Waals surface area contributed by atoms with Gasteiger partial charge in [-0.25, -0.2) is 9.69 Å². The molecule has 0 aliphatic carbocycles. The van der Waals surface area contributed by atoms with Gasteiger partial charge in [0.05, 0.1) is 49.1 Å². The van der Waals surface area contributed by atoms with Crippen molar-refractivity contribution in [2.75, 3.05) is 30.6 Å². The molecule has 12 heteroatoms. The number of alkyl halides is 3. The molecule has 5 rings (SSSR count). The number of pyridine rings is 2. The van der Waals surface area contributed by atoms with E-state index in [1.165, 1.54) is 32.5 Å². The fourth-order valence-electron chi connectivity index (χ4n) is 3.98. The van der Waals surface area contributed by atoms with Gasteiger partial charge in [-0.05, 0) is 42.5 Å². The average Bonchev–Trinajstić information content (AvgIpc) is 3.21. The number of nitrogens with zero attached hydrogens (tertiary/aromatic N) is 4. The van der Waals surface area contributed by atoms with Crippen molar-refractivity contribution in [3.63, 3.8) is 0 Å². The number of amides is 3. The van der Waals surface area contributed by atoms with E-state index in [9.17, 15) is 22.8 Å². The van der Waals surface area contributed by atoms with Crippen LogP contribution < -0.4 is 24.0 Å². The lowest BCUT2D eigenvalue weighted by Crippen LogP contribution is -2.33. The van der Waals surface area contributed by atoms with Crippen LogP contribution in [0.25, 0.3) is 10.9 Å². The summed E-state index contributed by atoms with van der Waals surface area (Å²) < 4.78 is 55.7. The Morgan fingerprint density at radius 1 is 0.842 bits per heavy atom. The van der Waals surface area contributed by atoms with Crippen LogP contribution in [0.1, 0.15) is 5.56 Å². The number of urea groups is 1. The maximum atomic E-state index is 13.1. The number of carbonyl (C=O) groups excluding carboxylic acids is 2. The number of carbonyl (C=O) groups is 2. The SMILES string of the molecule is COc1cc2cc(Oc3ccc(N4C(=O)CN(c5cncc(C(F)(F)F)c5)C4=O)cc3)cnc2cc1OC. The predicted octanol–water partition coefficient (Wildman–Crippen LogP) is 5.43. The molecule has 0 spiro atoms. The number of imide groups is 1. The van der Waals surface area contributed by atoms with Gasteiger partial charge in [0, 0.05) is 17.6 Å². The predicted molar refractivity (Wildman–Crippen MR) is 131 cm³/mol. The summed E-state index contributed by atoms with van der Waals surface area (Å²) in [5, 5.41) is 0.759. The minimum absolute atomic E-state index is 0.126. The Morgan fingerprint density at radius 2 is 1.55 bits per heavy atom. The van der Waals surface area contributed by atoms with Crippen molar-refractivity contribution >= 4 is 34.2 Å². The maximum Gasteiger partial charge on any atom is 0.417 e. The van der Waals surface area contributed by atoms with Gasteiger partial charge in [0.15, 0.2) is 11.5 Å². The number of ether oxygens (including phenoxy) is 3. The van der Waals surface area contributed by atoms with E-state index in [1.54, 1.807) is 30.3 Å². The molecule has 2 aromatic carbocycles. The lowest BCUT2D eigenvalue weighted by molar-refractivity contribution is -0.137. The summed E-state index contributed by atoms with van der Waals surface area (Å²) in [6, 6.07) is 11.4. The Bertz CT molecular complexity index is 1540. The maximum absolute atomic E-state index is 13.1. The van der Waals surface area contributed by atoms with Gasteiger partial charge in [-0.15, -0.1) is 0 Å². The van der Waals surface area contributed by atoms with Crippen LogP contribution in [0.4, 0.5) is 29.3 Å². The quantitative estimate of drug-likeness (QED) is 0.311. The van der Waals surface area contributed by atoms with Crippen molar-refractivity contribution in [2.24, 2.45) is 0 Å². The molecule has 1 saturated heterocycles. The third-order valence-electron chi connectivity index (χ3n) is 5.82. The van der Waals surface area contributed by atoms with Gasteiger partial charge >= 0.3 is 12.2 Å². The van der Waals surface area contributed by atoms with Crippen LogP contribution in [0.15, 0.2) is 67.1 Å². The minimum atomic E-state index is -4.63. The Labute approximate surface area is 214 Å². The number of hydrogen-bond donors (Lipinski definition) is 0. The first-order chi connectivity index (χ1) is 18.2. The highest BCUT2D eigenvalue weighted by Crippen LogP contribution is 2.35. The highest BCUT2D eigenvalue weighted by molar-refractivity contribution is 6.26. The molecule has 38 heavy (non-hydrogen) atoms. The molecule has 3 heterocycles. The highest BCUT2D eigenvalue weighted by atomic mass is 19.4. The Balaban J connectivity index is 1.34. The lowest BCUT2D eigenvalue weighted by Gasteiger charge is -2.18. The van der Waals surface area contributed by atoms with Gasteiger partial charge in [-0.1, -0.05) is 0 Å². The molecule has 1 aliphatic rings. The summed E-state index contributed by atoms with van der Waals surface area (Å²) in [5.41, 5.74) is -0.227. The number of fused-ring (bicyclic) bond motifs is 1. The van der Waals surface area contributed by atoms with Crippen LogP contribution in [0, 0.1) is 0 Å². The highest BCUT2D eigenvalue weighted by Gasteiger charge is 2.39. The van der Waals surface area contributed by atoms with Crippen molar-refractivity contribution < 1.29 is 37.0 Å². The zero-order valence-corrected chi connectivity index (χ0v) is 20.0. The van der Waals surface area contributed by atoms with Crippen molar-refractivity contribution in [3.8, 4) is 23.0 Å². The molecule has 194 valence electrons. The van der Waals surface area contributed by atoms with Crippen LogP contribution in [0.5, 0.6) is 23.0 Å². The fraction of sp³-hybridized carbons (Fsp3) is 0.154. The average molecular weight is 524 g/mol. The van der Waals surface area contributed by atoms with E-state index in [-0.39, 0.29) is 11.4 Å². The van der Waals surface area contributed by atoms with Crippen LogP contribution in [-0.2, 0) is 11.0 Å². The molecule has 0 bridgehead atoms. The van der Waals surface area contributed by atoms with Gasteiger partial charge in [0.1, 0.15) is 18.0 Å². The smallest absolute Gasteiger partial charge is 0.417 e. The Hall–Kier alpha value is -4.87. The molecule has 9 nitrogen and oxygen atoms in total. The number of rotatable bonds is 6. The van der Waals surface area contributed by atoms with Gasteiger partial charge in [0.2, 0.25) is 0 Å². The van der Waals surface area contributed by atoms with Crippen LogP contribution in [0.2, 0.25) is 0 Å². The minimum Gasteiger partial charge on any atom is -0.493 e. The van der Waals surface area contributed by atoms with E-state index in [4.69, 9.17) is 14.2 Å². The van der Waals surface area contributed by atoms with Gasteiger partial charge < -0.3 is 14.2 Å². The lowest BCUT2D eigenvalue weighted by atomic mass is 10.2. The van der Waals surface area contributed by atoms with Crippen molar-refractivity contribution in [1.82, 2.24) is 9.97 Å². The molecule has 0 unspecified atom stereocenters. The first kappa shape index (κ1) is 24.8. The first-order valence-corrected chi connectivity index (χ1v) is 11.1. The van der Waals surface area contributed by atoms with Crippen molar-refractivity contribution in [3.05, 3.63) is 72.7 Å². The van der Waals surface area contributed by atoms with Crippen LogP contribution in [0.3, 0.4) is 0 Å². The molecule has 0 radical (unpaired) electrons. The fourth-order valence-corrected chi connectivity index (χ4v) is 3.98. The van der Waals surface area contributed by atoms with Gasteiger partial charge in [-0.2, -0.15) is 13.2 Å². The summed E-state index contributed by atoms with van der Waals surface area (Å²) >= 11 is 0. The molecule has 0 atom stereocenters. The molecular weight excluding hydrogens is 505 g/mol. The zero-order valence-electron chi connectivity index (χ0n) is 20.0. The van der Waals surface area contributed by atoms with Crippen molar-refractivity contribution in [2.45, 2.75) is 6.18 Å². The summed E-state index contributed by atoms with van der Waals surface area (Å²) in [6.45, 7) is -0.420. The topological polar surface area (TPSA) is 94.1 Å². The first-order valence-electron chi connectivity index (χ1n) is 11.1. The van der Waals surface area contributed by atoms with Gasteiger partial charge in [0.25, 0.3) is 5.91 Å². The Morgan fingerprint density at radius 3 is 2.24 bits per heavy atom. The van der Waals surface area contributed by atoms with E-state index in [0.717, 1.165) is 27.4 Å². The van der Waals surface area contributed by atoms with E-state index in [2.05, 4.69) is 9.97 Å². The molecule has 2 aromatic heterocycles. The van der Waals surface area contributed by atoms with Crippen LogP contribution >= 0.6 is 0 Å². The summed E-state index contributed by atoms with van der Waals surface area (Å²) in [4.78, 5) is 35.3. The number of anilines is 2. The van der Waals surface area contributed by atoms with E-state index in [0.29, 0.717) is 34.7 Å². The monoisotopic (exact) mass is 524 g/mol. The third kappa shape index (κ3) is 4.63. The largest absolute Gasteiger partial charge is 0.493 e. The Kier molecular flexibility index (Phi) is 6.23. The number of benzene rings is 2. The molecular formula is C26H19F3N4O5. The molecule has 1 aliphatic heterocycles. The second kappa shape index (κ2) is 9.54. The number of aromatic nitrogens is 2. The van der Waals surface area contributed by atoms with E-state index in [1.807, 2.05) is 0 Å². The summed E-state index contributed by atoms with van der Waals surface area (Å²) in [7, 11) is 3.07. The van der Waals surface area contributed by atoms with Gasteiger partial charge in [-0.3, -0.25) is 19.7 Å². The third-order valence-corrected chi connectivity index (χ3v) is 5.82. The number of methoxy groups -OCH3 is 2.